The van der Waals surface area contributed by atoms with E-state index in [2.05, 4.69) is 4.72 Å². The second-order valence-corrected chi connectivity index (χ2v) is 7.89. The van der Waals surface area contributed by atoms with Crippen LogP contribution in [0.2, 0.25) is 0 Å². The summed E-state index contributed by atoms with van der Waals surface area (Å²) in [5.41, 5.74) is 1.88. The maximum absolute atomic E-state index is 12.5. The van der Waals surface area contributed by atoms with Crippen LogP contribution in [0.1, 0.15) is 12.0 Å². The average molecular weight is 374 g/mol. The van der Waals surface area contributed by atoms with Crippen LogP contribution in [-0.4, -0.2) is 31.9 Å². The molecule has 8 heteroatoms. The van der Waals surface area contributed by atoms with Crippen LogP contribution in [0.25, 0.3) is 0 Å². The number of amides is 1. The number of benzene rings is 2. The first-order chi connectivity index (χ1) is 12.3. The second kappa shape index (κ2) is 6.80. The summed E-state index contributed by atoms with van der Waals surface area (Å²) in [6, 6.07) is 12.8. The first-order valence-electron chi connectivity index (χ1n) is 7.99. The van der Waals surface area contributed by atoms with Crippen LogP contribution in [0.15, 0.2) is 53.4 Å². The van der Waals surface area contributed by atoms with E-state index in [0.717, 1.165) is 5.56 Å². The van der Waals surface area contributed by atoms with E-state index in [1.165, 1.54) is 29.2 Å². The van der Waals surface area contributed by atoms with Crippen molar-refractivity contribution in [3.8, 4) is 0 Å². The molecule has 1 heterocycles. The summed E-state index contributed by atoms with van der Waals surface area (Å²) in [4.78, 5) is 24.4. The predicted octanol–water partition coefficient (Wildman–Crippen LogP) is 2.23. The Kier molecular flexibility index (Phi) is 4.69. The van der Waals surface area contributed by atoms with Crippen LogP contribution in [0.3, 0.4) is 0 Å². The monoisotopic (exact) mass is 374 g/mol. The van der Waals surface area contributed by atoms with Crippen LogP contribution < -0.4 is 9.62 Å². The fourth-order valence-corrected chi connectivity index (χ4v) is 3.90. The molecule has 0 saturated carbocycles. The van der Waals surface area contributed by atoms with Gasteiger partial charge in [0.1, 0.15) is 0 Å². The van der Waals surface area contributed by atoms with Gasteiger partial charge < -0.3 is 10.0 Å². The summed E-state index contributed by atoms with van der Waals surface area (Å²) in [5, 5.41) is 9.04. The van der Waals surface area contributed by atoms with Gasteiger partial charge in [-0.1, -0.05) is 12.1 Å². The third kappa shape index (κ3) is 3.70. The van der Waals surface area contributed by atoms with Gasteiger partial charge in [-0.3, -0.25) is 14.3 Å². The molecule has 1 aliphatic heterocycles. The minimum absolute atomic E-state index is 0.0513. The number of carbonyl (C=O) groups excluding carboxylic acids is 1. The molecular formula is C18H18N2O5S. The van der Waals surface area contributed by atoms with Gasteiger partial charge in [-0.05, 0) is 48.9 Å². The minimum atomic E-state index is -3.76. The van der Waals surface area contributed by atoms with Crippen molar-refractivity contribution in [2.24, 2.45) is 5.92 Å². The van der Waals surface area contributed by atoms with E-state index >= 15 is 0 Å². The SMILES string of the molecule is Cc1cccc(NS(=O)(=O)c2ccc(N3C[C@H](C(=O)O)CC3=O)cc2)c1. The van der Waals surface area contributed by atoms with Gasteiger partial charge in [0.25, 0.3) is 10.0 Å². The van der Waals surface area contributed by atoms with Gasteiger partial charge in [0, 0.05) is 24.3 Å². The standard InChI is InChI=1S/C18H18N2O5S/c1-12-3-2-4-14(9-12)19-26(24,25)16-7-5-15(6-8-16)20-11-13(18(22)23)10-17(20)21/h2-9,13,19H,10-11H2,1H3,(H,22,23)/t13-/m1/s1. The Morgan fingerprint density at radius 1 is 1.19 bits per heavy atom. The molecule has 0 aromatic heterocycles. The topological polar surface area (TPSA) is 104 Å². The number of sulfonamides is 1. The van der Waals surface area contributed by atoms with Crippen LogP contribution in [-0.2, 0) is 19.6 Å². The largest absolute Gasteiger partial charge is 0.481 e. The molecule has 26 heavy (non-hydrogen) atoms. The normalized spacial score (nSPS) is 17.3. The Morgan fingerprint density at radius 3 is 2.46 bits per heavy atom. The molecule has 2 N–H and O–H groups in total. The van der Waals surface area contributed by atoms with Crippen molar-refractivity contribution in [3.63, 3.8) is 0 Å². The van der Waals surface area contributed by atoms with Gasteiger partial charge in [0.05, 0.1) is 10.8 Å². The quantitative estimate of drug-likeness (QED) is 0.835. The molecule has 0 unspecified atom stereocenters. The summed E-state index contributed by atoms with van der Waals surface area (Å²) in [6.07, 6.45) is -0.0513. The number of aryl methyl sites for hydroxylation is 1. The van der Waals surface area contributed by atoms with Crippen molar-refractivity contribution >= 4 is 33.3 Å². The fourth-order valence-electron chi connectivity index (χ4n) is 2.85. The highest BCUT2D eigenvalue weighted by molar-refractivity contribution is 7.92. The Balaban J connectivity index is 1.79. The highest BCUT2D eigenvalue weighted by Gasteiger charge is 2.35. The smallest absolute Gasteiger partial charge is 0.308 e. The fraction of sp³-hybridized carbons (Fsp3) is 0.222. The van der Waals surface area contributed by atoms with E-state index in [9.17, 15) is 18.0 Å². The molecule has 2 aromatic rings. The number of carboxylic acid groups (broad SMARTS) is 1. The van der Waals surface area contributed by atoms with Crippen LogP contribution in [0.5, 0.6) is 0 Å². The molecule has 0 aliphatic carbocycles. The van der Waals surface area contributed by atoms with Crippen molar-refractivity contribution < 1.29 is 23.1 Å². The highest BCUT2D eigenvalue weighted by Crippen LogP contribution is 2.27. The third-order valence-corrected chi connectivity index (χ3v) is 5.60. The minimum Gasteiger partial charge on any atom is -0.481 e. The number of anilines is 2. The van der Waals surface area contributed by atoms with E-state index in [1.54, 1.807) is 18.2 Å². The molecule has 3 rings (SSSR count). The molecule has 2 aromatic carbocycles. The molecule has 1 aliphatic rings. The van der Waals surface area contributed by atoms with Crippen LogP contribution in [0.4, 0.5) is 11.4 Å². The van der Waals surface area contributed by atoms with Gasteiger partial charge in [-0.15, -0.1) is 0 Å². The summed E-state index contributed by atoms with van der Waals surface area (Å²) in [7, 11) is -3.76. The molecule has 7 nitrogen and oxygen atoms in total. The van der Waals surface area contributed by atoms with E-state index in [-0.39, 0.29) is 23.8 Å². The predicted molar refractivity (Wildman–Crippen MR) is 96.5 cm³/mol. The van der Waals surface area contributed by atoms with Crippen molar-refractivity contribution in [1.82, 2.24) is 0 Å². The zero-order valence-corrected chi connectivity index (χ0v) is 14.9. The molecule has 1 atom stereocenters. The molecular weight excluding hydrogens is 356 g/mol. The van der Waals surface area contributed by atoms with Crippen molar-refractivity contribution in [3.05, 3.63) is 54.1 Å². The number of hydrogen-bond donors (Lipinski definition) is 2. The van der Waals surface area contributed by atoms with Crippen molar-refractivity contribution in [2.45, 2.75) is 18.2 Å². The summed E-state index contributed by atoms with van der Waals surface area (Å²) in [5.74, 6) is -2.04. The Bertz CT molecular complexity index is 954. The number of carboxylic acids is 1. The number of aliphatic carboxylic acids is 1. The Hall–Kier alpha value is -2.87. The maximum Gasteiger partial charge on any atom is 0.308 e. The first kappa shape index (κ1) is 17.9. The summed E-state index contributed by atoms with van der Waals surface area (Å²) >= 11 is 0. The highest BCUT2D eigenvalue weighted by atomic mass is 32.2. The van der Waals surface area contributed by atoms with E-state index in [1.807, 2.05) is 13.0 Å². The van der Waals surface area contributed by atoms with Crippen LogP contribution >= 0.6 is 0 Å². The van der Waals surface area contributed by atoms with Gasteiger partial charge in [-0.25, -0.2) is 8.42 Å². The molecule has 1 fully saturated rings. The molecule has 1 saturated heterocycles. The molecule has 136 valence electrons. The zero-order valence-electron chi connectivity index (χ0n) is 14.0. The van der Waals surface area contributed by atoms with Gasteiger partial charge in [0.2, 0.25) is 5.91 Å². The lowest BCUT2D eigenvalue weighted by Crippen LogP contribution is -2.25. The number of carbonyl (C=O) groups is 2. The molecule has 1 amide bonds. The van der Waals surface area contributed by atoms with Crippen LogP contribution in [0, 0.1) is 12.8 Å². The lowest BCUT2D eigenvalue weighted by atomic mass is 10.1. The lowest BCUT2D eigenvalue weighted by molar-refractivity contribution is -0.141. The van der Waals surface area contributed by atoms with Crippen molar-refractivity contribution in [1.29, 1.82) is 0 Å². The molecule has 0 spiro atoms. The van der Waals surface area contributed by atoms with E-state index in [0.29, 0.717) is 11.4 Å². The number of nitrogens with one attached hydrogen (secondary N) is 1. The van der Waals surface area contributed by atoms with Gasteiger partial charge >= 0.3 is 5.97 Å². The van der Waals surface area contributed by atoms with E-state index < -0.39 is 21.9 Å². The van der Waals surface area contributed by atoms with E-state index in [4.69, 9.17) is 5.11 Å². The molecule has 0 bridgehead atoms. The first-order valence-corrected chi connectivity index (χ1v) is 9.47. The average Bonchev–Trinajstić information content (AvgIpc) is 2.97. The second-order valence-electron chi connectivity index (χ2n) is 6.21. The number of hydrogen-bond acceptors (Lipinski definition) is 4. The number of nitrogens with zero attached hydrogens (tertiary/aromatic N) is 1. The number of rotatable bonds is 5. The van der Waals surface area contributed by atoms with Crippen molar-refractivity contribution in [2.75, 3.05) is 16.2 Å². The summed E-state index contributed by atoms with van der Waals surface area (Å²) in [6.45, 7) is 1.95. The molecule has 0 radical (unpaired) electrons. The Labute approximate surface area is 151 Å². The van der Waals surface area contributed by atoms with Gasteiger partial charge in [0.15, 0.2) is 0 Å². The maximum atomic E-state index is 12.5. The third-order valence-electron chi connectivity index (χ3n) is 4.20. The zero-order chi connectivity index (χ0) is 18.9. The lowest BCUT2D eigenvalue weighted by Gasteiger charge is -2.16. The Morgan fingerprint density at radius 2 is 1.88 bits per heavy atom. The summed E-state index contributed by atoms with van der Waals surface area (Å²) < 4.78 is 27.5. The van der Waals surface area contributed by atoms with Gasteiger partial charge in [-0.2, -0.15) is 0 Å².